The molecule has 0 aliphatic rings. The van der Waals surface area contributed by atoms with Crippen LogP contribution in [0.3, 0.4) is 0 Å². The first kappa shape index (κ1) is 19.3. The van der Waals surface area contributed by atoms with E-state index in [1.54, 1.807) is 6.20 Å². The molecule has 0 saturated carbocycles. The Balaban J connectivity index is 1.80. The van der Waals surface area contributed by atoms with Crippen LogP contribution in [0.15, 0.2) is 79.1 Å². The zero-order valence-corrected chi connectivity index (χ0v) is 17.0. The topological polar surface area (TPSA) is 21.7 Å². The van der Waals surface area contributed by atoms with Gasteiger partial charge in [-0.1, -0.05) is 36.4 Å². The molecule has 3 aromatic carbocycles. The normalized spacial score (nSPS) is 12.0. The average molecular weight is 418 g/mol. The van der Waals surface area contributed by atoms with Gasteiger partial charge >= 0.3 is 6.18 Å². The van der Waals surface area contributed by atoms with Gasteiger partial charge in [0.1, 0.15) is 0 Å². The zero-order chi connectivity index (χ0) is 21.8. The number of alkyl halides is 3. The fraction of sp³-hybridized carbons (Fsp3) is 0.120. The van der Waals surface area contributed by atoms with Crippen molar-refractivity contribution in [3.8, 4) is 11.4 Å². The van der Waals surface area contributed by atoms with Gasteiger partial charge in [0.15, 0.2) is 11.9 Å². The molecular weight excluding hydrogens is 399 g/mol. The lowest BCUT2D eigenvalue weighted by Crippen LogP contribution is -2.35. The third kappa shape index (κ3) is 3.34. The second kappa shape index (κ2) is 6.94. The van der Waals surface area contributed by atoms with Crippen molar-refractivity contribution in [1.29, 1.82) is 0 Å². The van der Waals surface area contributed by atoms with Crippen molar-refractivity contribution in [2.75, 3.05) is 0 Å². The van der Waals surface area contributed by atoms with Gasteiger partial charge in [-0.3, -0.25) is 0 Å². The van der Waals surface area contributed by atoms with E-state index in [4.69, 9.17) is 0 Å². The van der Waals surface area contributed by atoms with Gasteiger partial charge in [-0.25, -0.2) is 4.68 Å². The van der Waals surface area contributed by atoms with E-state index >= 15 is 0 Å². The van der Waals surface area contributed by atoms with Crippen LogP contribution >= 0.6 is 0 Å². The fourth-order valence-electron chi connectivity index (χ4n) is 3.98. The van der Waals surface area contributed by atoms with Crippen molar-refractivity contribution in [3.05, 3.63) is 95.9 Å². The summed E-state index contributed by atoms with van der Waals surface area (Å²) in [5.74, 6) is 0. The number of nitrogens with zero attached hydrogens (tertiary/aromatic N) is 3. The third-order valence-corrected chi connectivity index (χ3v) is 5.61. The minimum absolute atomic E-state index is 0.404. The van der Waals surface area contributed by atoms with E-state index in [0.717, 1.165) is 27.4 Å². The quantitative estimate of drug-likeness (QED) is 0.318. The number of hydrogen-bond donors (Lipinski definition) is 0. The van der Waals surface area contributed by atoms with Crippen LogP contribution in [0.1, 0.15) is 16.8 Å². The summed E-state index contributed by atoms with van der Waals surface area (Å²) < 4.78 is 44.8. The molecule has 154 valence electrons. The van der Waals surface area contributed by atoms with Crippen molar-refractivity contribution in [1.82, 2.24) is 9.78 Å². The molecule has 0 N–H and O–H groups in total. The number of fused-ring (bicyclic) bond motifs is 2. The van der Waals surface area contributed by atoms with Gasteiger partial charge in [-0.15, -0.1) is 0 Å². The zero-order valence-electron chi connectivity index (χ0n) is 17.0. The second-order valence-corrected chi connectivity index (χ2v) is 7.68. The summed E-state index contributed by atoms with van der Waals surface area (Å²) in [6.45, 7) is 3.73. The lowest BCUT2D eigenvalue weighted by Gasteiger charge is -2.14. The van der Waals surface area contributed by atoms with Crippen LogP contribution in [-0.2, 0) is 6.18 Å². The lowest BCUT2D eigenvalue weighted by molar-refractivity contribution is -0.601. The molecule has 0 unspecified atom stereocenters. The third-order valence-electron chi connectivity index (χ3n) is 5.61. The van der Waals surface area contributed by atoms with E-state index in [9.17, 15) is 13.2 Å². The standard InChI is InChI=1S/C25H19F3N3/c1-16-11-18-7-3-4-8-19(18)14-30(16)23-12-21(25(26,27)28)13-24(17(23)2)31-15-20-9-5-6-10-22(20)29-31/h3-15H,1-2H3/q+1. The Kier molecular flexibility index (Phi) is 4.32. The van der Waals surface area contributed by atoms with Gasteiger partial charge in [-0.05, 0) is 30.5 Å². The molecule has 0 aliphatic heterocycles. The molecule has 3 nitrogen and oxygen atoms in total. The molecular formula is C25H19F3N3+. The molecule has 0 atom stereocenters. The van der Waals surface area contributed by atoms with Crippen molar-refractivity contribution in [2.45, 2.75) is 20.0 Å². The predicted molar refractivity (Wildman–Crippen MR) is 115 cm³/mol. The van der Waals surface area contributed by atoms with Gasteiger partial charge in [0, 0.05) is 41.6 Å². The maximum Gasteiger partial charge on any atom is 0.416 e. The molecule has 0 fully saturated rings. The van der Waals surface area contributed by atoms with E-state index in [2.05, 4.69) is 5.10 Å². The SMILES string of the molecule is Cc1c(-n2cc3ccccc3n2)cc(C(F)(F)F)cc1-[n+]1cc2ccccc2cc1C. The fourth-order valence-corrected chi connectivity index (χ4v) is 3.98. The van der Waals surface area contributed by atoms with E-state index < -0.39 is 11.7 Å². The minimum atomic E-state index is -4.48. The number of rotatable bonds is 2. The van der Waals surface area contributed by atoms with E-state index in [0.29, 0.717) is 16.9 Å². The smallest absolute Gasteiger partial charge is 0.239 e. The first-order valence-corrected chi connectivity index (χ1v) is 9.89. The monoisotopic (exact) mass is 418 g/mol. The van der Waals surface area contributed by atoms with Crippen molar-refractivity contribution < 1.29 is 17.7 Å². The van der Waals surface area contributed by atoms with E-state index in [1.807, 2.05) is 79.2 Å². The summed E-state index contributed by atoms with van der Waals surface area (Å²) >= 11 is 0. The summed E-state index contributed by atoms with van der Waals surface area (Å²) in [6, 6.07) is 19.7. The maximum absolute atomic E-state index is 13.8. The van der Waals surface area contributed by atoms with Gasteiger partial charge in [0.2, 0.25) is 5.69 Å². The highest BCUT2D eigenvalue weighted by atomic mass is 19.4. The molecule has 0 spiro atoms. The molecule has 2 heterocycles. The van der Waals surface area contributed by atoms with Crippen molar-refractivity contribution >= 4 is 21.7 Å². The Morgan fingerprint density at radius 3 is 2.23 bits per heavy atom. The van der Waals surface area contributed by atoms with Gasteiger partial charge in [0.05, 0.1) is 16.8 Å². The highest BCUT2D eigenvalue weighted by Crippen LogP contribution is 2.34. The molecule has 0 amide bonds. The van der Waals surface area contributed by atoms with Gasteiger partial charge in [-0.2, -0.15) is 22.8 Å². The van der Waals surface area contributed by atoms with Gasteiger partial charge < -0.3 is 0 Å². The molecule has 31 heavy (non-hydrogen) atoms. The number of hydrogen-bond acceptors (Lipinski definition) is 1. The predicted octanol–water partition coefficient (Wildman–Crippen LogP) is 6.09. The Bertz CT molecular complexity index is 1420. The number of halogens is 3. The number of pyridine rings is 1. The molecule has 5 rings (SSSR count). The Hall–Kier alpha value is -3.67. The van der Waals surface area contributed by atoms with Crippen molar-refractivity contribution in [3.63, 3.8) is 0 Å². The van der Waals surface area contributed by atoms with Crippen LogP contribution < -0.4 is 4.57 Å². The number of benzene rings is 3. The Labute approximate surface area is 177 Å². The lowest BCUT2D eigenvalue weighted by atomic mass is 10.0. The first-order valence-electron chi connectivity index (χ1n) is 9.89. The molecule has 6 heteroatoms. The summed E-state index contributed by atoms with van der Waals surface area (Å²) in [6.07, 6.45) is -0.828. The number of aromatic nitrogens is 3. The maximum atomic E-state index is 13.8. The summed E-state index contributed by atoms with van der Waals surface area (Å²) in [7, 11) is 0. The van der Waals surface area contributed by atoms with Gasteiger partial charge in [0.25, 0.3) is 0 Å². The van der Waals surface area contributed by atoms with Crippen LogP contribution in [0, 0.1) is 13.8 Å². The van der Waals surface area contributed by atoms with Crippen LogP contribution in [0.4, 0.5) is 13.2 Å². The summed E-state index contributed by atoms with van der Waals surface area (Å²) in [4.78, 5) is 0. The average Bonchev–Trinajstić information content (AvgIpc) is 3.17. The molecule has 0 bridgehead atoms. The number of aryl methyl sites for hydroxylation is 1. The Morgan fingerprint density at radius 2 is 1.52 bits per heavy atom. The van der Waals surface area contributed by atoms with E-state index in [-0.39, 0.29) is 0 Å². The summed E-state index contributed by atoms with van der Waals surface area (Å²) in [5.41, 5.74) is 2.47. The minimum Gasteiger partial charge on any atom is -0.239 e. The largest absolute Gasteiger partial charge is 0.416 e. The molecule has 0 aliphatic carbocycles. The summed E-state index contributed by atoms with van der Waals surface area (Å²) in [5, 5.41) is 7.38. The van der Waals surface area contributed by atoms with Crippen LogP contribution in [-0.4, -0.2) is 9.78 Å². The first-order chi connectivity index (χ1) is 14.8. The molecule has 2 aromatic heterocycles. The van der Waals surface area contributed by atoms with Crippen LogP contribution in [0.2, 0.25) is 0 Å². The highest BCUT2D eigenvalue weighted by Gasteiger charge is 2.34. The van der Waals surface area contributed by atoms with E-state index in [1.165, 1.54) is 16.8 Å². The second-order valence-electron chi connectivity index (χ2n) is 7.68. The molecule has 0 radical (unpaired) electrons. The highest BCUT2D eigenvalue weighted by molar-refractivity contribution is 5.81. The Morgan fingerprint density at radius 1 is 0.839 bits per heavy atom. The van der Waals surface area contributed by atoms with Crippen LogP contribution in [0.25, 0.3) is 33.1 Å². The molecule has 5 aromatic rings. The van der Waals surface area contributed by atoms with Crippen molar-refractivity contribution in [2.24, 2.45) is 0 Å². The molecule has 0 saturated heterocycles. The van der Waals surface area contributed by atoms with Crippen LogP contribution in [0.5, 0.6) is 0 Å².